The molecule has 5 atom stereocenters. The Morgan fingerprint density at radius 1 is 0.909 bits per heavy atom. The number of hydrogen-bond acceptors (Lipinski definition) is 9. The molecule has 1 fully saturated rings. The van der Waals surface area contributed by atoms with Gasteiger partial charge in [0.1, 0.15) is 6.10 Å². The van der Waals surface area contributed by atoms with Gasteiger partial charge in [0.2, 0.25) is 0 Å². The summed E-state index contributed by atoms with van der Waals surface area (Å²) < 4.78 is 25.7. The molecular weight excluding hydrogens is 300 g/mol. The summed E-state index contributed by atoms with van der Waals surface area (Å²) in [4.78, 5) is 33.8. The van der Waals surface area contributed by atoms with Crippen molar-refractivity contribution in [2.45, 2.75) is 51.5 Å². The number of ether oxygens (including phenoxy) is 5. The van der Waals surface area contributed by atoms with Crippen LogP contribution in [0.4, 0.5) is 0 Å². The zero-order chi connectivity index (χ0) is 16.9. The highest BCUT2D eigenvalue weighted by Gasteiger charge is 2.51. The summed E-state index contributed by atoms with van der Waals surface area (Å²) in [5.41, 5.74) is 0. The van der Waals surface area contributed by atoms with Gasteiger partial charge in [-0.25, -0.2) is 0 Å². The van der Waals surface area contributed by atoms with E-state index < -0.39 is 55.2 Å². The SMILES string of the molecule is CO[C@H]1O[C@@H](CO)[C@H](OC(C)=O)[C@@H](OC(C)=O)[C@@H]1OC(C)=O. The van der Waals surface area contributed by atoms with E-state index in [0.717, 1.165) is 20.8 Å². The third-order valence-electron chi connectivity index (χ3n) is 2.91. The molecule has 0 aromatic carbocycles. The van der Waals surface area contributed by atoms with Crippen LogP contribution in [0.3, 0.4) is 0 Å². The third-order valence-corrected chi connectivity index (χ3v) is 2.91. The highest BCUT2D eigenvalue weighted by atomic mass is 16.7. The molecule has 9 nitrogen and oxygen atoms in total. The summed E-state index contributed by atoms with van der Waals surface area (Å²) in [5.74, 6) is -1.99. The van der Waals surface area contributed by atoms with Crippen molar-refractivity contribution in [3.8, 4) is 0 Å². The number of aliphatic hydroxyl groups is 1. The first-order valence-electron chi connectivity index (χ1n) is 6.61. The molecule has 1 aliphatic rings. The smallest absolute Gasteiger partial charge is 0.303 e. The summed E-state index contributed by atoms with van der Waals surface area (Å²) in [5, 5.41) is 9.39. The van der Waals surface area contributed by atoms with Crippen LogP contribution in [-0.2, 0) is 38.1 Å². The molecule has 0 amide bonds. The average Bonchev–Trinajstić information content (AvgIpc) is 2.41. The number of carbonyl (C=O) groups excluding carboxylic acids is 3. The molecule has 9 heteroatoms. The first-order valence-corrected chi connectivity index (χ1v) is 6.61. The fourth-order valence-corrected chi connectivity index (χ4v) is 2.19. The van der Waals surface area contributed by atoms with Crippen molar-refractivity contribution >= 4 is 17.9 Å². The molecule has 0 aromatic rings. The van der Waals surface area contributed by atoms with E-state index in [-0.39, 0.29) is 0 Å². The predicted octanol–water partition coefficient (Wildman–Crippen LogP) is -0.855. The van der Waals surface area contributed by atoms with Crippen molar-refractivity contribution in [2.24, 2.45) is 0 Å². The highest BCUT2D eigenvalue weighted by Crippen LogP contribution is 2.28. The Kier molecular flexibility index (Phi) is 6.72. The fourth-order valence-electron chi connectivity index (χ4n) is 2.19. The molecule has 126 valence electrons. The van der Waals surface area contributed by atoms with Crippen LogP contribution in [-0.4, -0.2) is 67.4 Å². The Morgan fingerprint density at radius 3 is 1.77 bits per heavy atom. The first kappa shape index (κ1) is 18.3. The third kappa shape index (κ3) is 4.65. The molecule has 0 saturated carbocycles. The van der Waals surface area contributed by atoms with E-state index in [2.05, 4.69) is 0 Å². The molecular formula is C13H20O9. The first-order chi connectivity index (χ1) is 10.3. The zero-order valence-corrected chi connectivity index (χ0v) is 12.8. The minimum absolute atomic E-state index is 0.512. The maximum Gasteiger partial charge on any atom is 0.303 e. The van der Waals surface area contributed by atoms with E-state index in [1.54, 1.807) is 0 Å². The summed E-state index contributed by atoms with van der Waals surface area (Å²) in [6.45, 7) is 2.96. The molecule has 0 spiro atoms. The molecule has 22 heavy (non-hydrogen) atoms. The van der Waals surface area contributed by atoms with Crippen molar-refractivity contribution < 1.29 is 43.2 Å². The monoisotopic (exact) mass is 320 g/mol. The lowest BCUT2D eigenvalue weighted by Gasteiger charge is -2.43. The Bertz CT molecular complexity index is 392. The van der Waals surface area contributed by atoms with Gasteiger partial charge in [0.25, 0.3) is 0 Å². The predicted molar refractivity (Wildman–Crippen MR) is 69.4 cm³/mol. The molecule has 1 rings (SSSR count). The number of esters is 3. The van der Waals surface area contributed by atoms with Crippen molar-refractivity contribution in [1.29, 1.82) is 0 Å². The van der Waals surface area contributed by atoms with Crippen LogP contribution < -0.4 is 0 Å². The molecule has 0 bridgehead atoms. The lowest BCUT2D eigenvalue weighted by molar-refractivity contribution is -0.302. The average molecular weight is 320 g/mol. The molecule has 0 aromatic heterocycles. The van der Waals surface area contributed by atoms with Crippen LogP contribution in [0.15, 0.2) is 0 Å². The quantitative estimate of drug-likeness (QED) is 0.510. The van der Waals surface area contributed by atoms with Crippen LogP contribution >= 0.6 is 0 Å². The fraction of sp³-hybridized carbons (Fsp3) is 0.769. The summed E-state index contributed by atoms with van der Waals surface area (Å²) >= 11 is 0. The van der Waals surface area contributed by atoms with E-state index >= 15 is 0 Å². The normalized spacial score (nSPS) is 31.2. The van der Waals surface area contributed by atoms with Gasteiger partial charge in [0.15, 0.2) is 24.6 Å². The molecule has 1 N–H and O–H groups in total. The van der Waals surface area contributed by atoms with Crippen molar-refractivity contribution in [3.63, 3.8) is 0 Å². The molecule has 1 saturated heterocycles. The second-order valence-electron chi connectivity index (χ2n) is 4.68. The van der Waals surface area contributed by atoms with E-state index in [4.69, 9.17) is 23.7 Å². The summed E-state index contributed by atoms with van der Waals surface area (Å²) in [6.07, 6.45) is -5.52. The van der Waals surface area contributed by atoms with E-state index in [9.17, 15) is 19.5 Å². The summed E-state index contributed by atoms with van der Waals surface area (Å²) in [6, 6.07) is 0. The van der Waals surface area contributed by atoms with Crippen molar-refractivity contribution in [2.75, 3.05) is 13.7 Å². The van der Waals surface area contributed by atoms with Crippen LogP contribution in [0.1, 0.15) is 20.8 Å². The van der Waals surface area contributed by atoms with Crippen molar-refractivity contribution in [3.05, 3.63) is 0 Å². The van der Waals surface area contributed by atoms with E-state index in [1.165, 1.54) is 7.11 Å². The van der Waals surface area contributed by atoms with Gasteiger partial charge < -0.3 is 28.8 Å². The Labute approximate surface area is 127 Å². The minimum Gasteiger partial charge on any atom is -0.456 e. The molecule has 0 aliphatic carbocycles. The lowest BCUT2D eigenvalue weighted by Crippen LogP contribution is -2.62. The maximum atomic E-state index is 11.3. The number of carbonyl (C=O) groups is 3. The zero-order valence-electron chi connectivity index (χ0n) is 12.8. The second kappa shape index (κ2) is 8.06. The topological polar surface area (TPSA) is 118 Å². The van der Waals surface area contributed by atoms with Crippen molar-refractivity contribution in [1.82, 2.24) is 0 Å². The lowest BCUT2D eigenvalue weighted by atomic mass is 9.98. The summed E-state index contributed by atoms with van der Waals surface area (Å²) in [7, 11) is 1.30. The standard InChI is InChI=1S/C13H20O9/c1-6(15)19-10-9(5-14)22-13(18-4)12(21-8(3)17)11(10)20-7(2)16/h9-14H,5H2,1-4H3/t9-,10-,11+,12-,13-/m0/s1. The second-order valence-corrected chi connectivity index (χ2v) is 4.68. The van der Waals surface area contributed by atoms with E-state index in [0.29, 0.717) is 0 Å². The van der Waals surface area contributed by atoms with Gasteiger partial charge in [-0.2, -0.15) is 0 Å². The molecule has 1 aliphatic heterocycles. The van der Waals surface area contributed by atoms with Crippen LogP contribution in [0.2, 0.25) is 0 Å². The van der Waals surface area contributed by atoms with Gasteiger partial charge in [-0.05, 0) is 0 Å². The van der Waals surface area contributed by atoms with Crippen LogP contribution in [0.5, 0.6) is 0 Å². The molecule has 1 heterocycles. The number of hydrogen-bond donors (Lipinski definition) is 1. The van der Waals surface area contributed by atoms with Gasteiger partial charge in [0.05, 0.1) is 6.61 Å². The van der Waals surface area contributed by atoms with Crippen LogP contribution in [0, 0.1) is 0 Å². The van der Waals surface area contributed by atoms with Gasteiger partial charge >= 0.3 is 17.9 Å². The highest BCUT2D eigenvalue weighted by molar-refractivity contribution is 5.68. The van der Waals surface area contributed by atoms with Crippen LogP contribution in [0.25, 0.3) is 0 Å². The van der Waals surface area contributed by atoms with E-state index in [1.807, 2.05) is 0 Å². The number of methoxy groups -OCH3 is 1. The van der Waals surface area contributed by atoms with Gasteiger partial charge in [0, 0.05) is 27.9 Å². The Morgan fingerprint density at radius 2 is 1.36 bits per heavy atom. The Hall–Kier alpha value is -1.71. The Balaban J connectivity index is 3.14. The maximum absolute atomic E-state index is 11.3. The largest absolute Gasteiger partial charge is 0.456 e. The minimum atomic E-state index is -1.17. The molecule has 0 radical (unpaired) electrons. The number of aliphatic hydroxyl groups excluding tert-OH is 1. The molecule has 0 unspecified atom stereocenters. The van der Waals surface area contributed by atoms with Gasteiger partial charge in [-0.3, -0.25) is 14.4 Å². The van der Waals surface area contributed by atoms with Gasteiger partial charge in [-0.1, -0.05) is 0 Å². The van der Waals surface area contributed by atoms with Gasteiger partial charge in [-0.15, -0.1) is 0 Å². The number of rotatable bonds is 5.